The van der Waals surface area contributed by atoms with E-state index in [9.17, 15) is 0 Å². The molecule has 5 heteroatoms. The van der Waals surface area contributed by atoms with Crippen LogP contribution in [0.2, 0.25) is 0 Å². The molecule has 0 aliphatic heterocycles. The number of para-hydroxylation sites is 1. The summed E-state index contributed by atoms with van der Waals surface area (Å²) in [4.78, 5) is 0. The average Bonchev–Trinajstić information content (AvgIpc) is 2.54. The lowest BCUT2D eigenvalue weighted by atomic mass is 10.3. The van der Waals surface area contributed by atoms with Crippen molar-refractivity contribution >= 4 is 5.88 Å². The third kappa shape index (κ3) is 1.97. The Morgan fingerprint density at radius 2 is 1.92 bits per heavy atom. The van der Waals surface area contributed by atoms with Gasteiger partial charge in [0.1, 0.15) is 0 Å². The number of hydrogen-bond donors (Lipinski definition) is 1. The molecule has 4 nitrogen and oxygen atoms in total. The molecule has 0 saturated heterocycles. The first-order valence-corrected chi connectivity index (χ1v) is 3.56. The van der Waals surface area contributed by atoms with Crippen molar-refractivity contribution in [2.75, 3.05) is 5.73 Å². The molecule has 0 aliphatic rings. The summed E-state index contributed by atoms with van der Waals surface area (Å²) < 4.78 is 6.29. The van der Waals surface area contributed by atoms with Crippen molar-refractivity contribution in [3.05, 3.63) is 36.5 Å². The Balaban J connectivity index is 0.000000845. The maximum Gasteiger partial charge on any atom is 0.293 e. The maximum atomic E-state index is 5.37. The summed E-state index contributed by atoms with van der Waals surface area (Å²) >= 11 is 0. The highest BCUT2D eigenvalue weighted by Crippen LogP contribution is 1.98. The highest BCUT2D eigenvalue weighted by Gasteiger charge is 2.10. The predicted molar refractivity (Wildman–Crippen MR) is 42.4 cm³/mol. The molecule has 1 heterocycles. The molecule has 2 rings (SSSR count). The van der Waals surface area contributed by atoms with E-state index in [1.54, 1.807) is 10.9 Å². The fourth-order valence-corrected chi connectivity index (χ4v) is 0.961. The Kier molecular flexibility index (Phi) is 2.87. The Morgan fingerprint density at radius 1 is 1.23 bits per heavy atom. The molecule has 0 atom stereocenters. The van der Waals surface area contributed by atoms with Gasteiger partial charge in [0.05, 0.1) is 0 Å². The number of nitrogen functional groups attached to an aromatic ring is 1. The van der Waals surface area contributed by atoms with E-state index in [1.165, 1.54) is 0 Å². The van der Waals surface area contributed by atoms with Gasteiger partial charge in [0.2, 0.25) is 11.0 Å². The number of nitrogens with two attached hydrogens (primary N) is 1. The lowest BCUT2D eigenvalue weighted by molar-refractivity contribution is -0.670. The van der Waals surface area contributed by atoms with Gasteiger partial charge >= 0.3 is 0 Å². The van der Waals surface area contributed by atoms with E-state index < -0.39 is 0 Å². The van der Waals surface area contributed by atoms with Crippen LogP contribution in [0, 0.1) is 0 Å². The van der Waals surface area contributed by atoms with Gasteiger partial charge in [-0.15, -0.1) is 0 Å². The molecule has 0 unspecified atom stereocenters. The second-order valence-electron chi connectivity index (χ2n) is 2.38. The summed E-state index contributed by atoms with van der Waals surface area (Å²) in [6.45, 7) is 0. The smallest absolute Gasteiger partial charge is 0.293 e. The molecule has 0 radical (unpaired) electrons. The molecular weight excluding hydrogens is 190 g/mol. The predicted octanol–water partition coefficient (Wildman–Crippen LogP) is -2.46. The molecule has 0 amide bonds. The van der Waals surface area contributed by atoms with Crippen LogP contribution in [0.4, 0.5) is 5.88 Å². The second kappa shape index (κ2) is 3.91. The molecule has 13 heavy (non-hydrogen) atoms. The van der Waals surface area contributed by atoms with Gasteiger partial charge < -0.3 is 18.1 Å². The monoisotopic (exact) mass is 197 g/mol. The summed E-state index contributed by atoms with van der Waals surface area (Å²) in [5, 5.41) is 3.70. The fraction of sp³-hybridized carbons (Fsp3) is 0. The molecule has 0 saturated carbocycles. The lowest BCUT2D eigenvalue weighted by Gasteiger charge is -1.83. The van der Waals surface area contributed by atoms with Crippen molar-refractivity contribution in [1.82, 2.24) is 5.27 Å². The van der Waals surface area contributed by atoms with E-state index in [0.29, 0.717) is 5.88 Å². The van der Waals surface area contributed by atoms with Crippen LogP contribution >= 0.6 is 0 Å². The van der Waals surface area contributed by atoms with Crippen LogP contribution in [0.3, 0.4) is 0 Å². The Morgan fingerprint density at radius 3 is 2.46 bits per heavy atom. The van der Waals surface area contributed by atoms with Gasteiger partial charge in [-0.1, -0.05) is 18.2 Å². The second-order valence-corrected chi connectivity index (χ2v) is 2.38. The molecule has 2 N–H and O–H groups in total. The molecule has 0 bridgehead atoms. The number of rotatable bonds is 1. The van der Waals surface area contributed by atoms with E-state index in [1.807, 2.05) is 30.3 Å². The average molecular weight is 198 g/mol. The van der Waals surface area contributed by atoms with Crippen molar-refractivity contribution in [2.24, 2.45) is 0 Å². The van der Waals surface area contributed by atoms with Crippen molar-refractivity contribution in [1.29, 1.82) is 0 Å². The number of hydrogen-bond acceptors (Lipinski definition) is 3. The number of benzene rings is 1. The quantitative estimate of drug-likeness (QED) is 0.516. The van der Waals surface area contributed by atoms with E-state index in [2.05, 4.69) is 5.27 Å². The van der Waals surface area contributed by atoms with Crippen LogP contribution in [0.15, 0.2) is 41.1 Å². The summed E-state index contributed by atoms with van der Waals surface area (Å²) in [7, 11) is 0. The number of anilines is 1. The number of nitrogens with zero attached hydrogens (tertiary/aromatic N) is 2. The first-order chi connectivity index (χ1) is 5.86. The Hall–Kier alpha value is -1.55. The van der Waals surface area contributed by atoms with Gasteiger partial charge in [-0.2, -0.15) is 0 Å². The first-order valence-electron chi connectivity index (χ1n) is 3.56. The van der Waals surface area contributed by atoms with Gasteiger partial charge in [-0.05, 0) is 4.68 Å². The standard InChI is InChI=1S/C8H8N3O.ClH/c9-8-6-11(10-12-8)7-4-2-1-3-5-7;/h1-6H,9H2;1H/q+1;/p-1. The Bertz CT molecular complexity index is 374. The van der Waals surface area contributed by atoms with Gasteiger partial charge in [-0.3, -0.25) is 4.52 Å². The van der Waals surface area contributed by atoms with E-state index in [-0.39, 0.29) is 12.4 Å². The molecule has 1 aromatic carbocycles. The largest absolute Gasteiger partial charge is 1.00 e. The minimum atomic E-state index is 0. The van der Waals surface area contributed by atoms with Gasteiger partial charge in [0, 0.05) is 12.1 Å². The van der Waals surface area contributed by atoms with Crippen LogP contribution in [-0.4, -0.2) is 5.27 Å². The SMILES string of the molecule is Nc1c[n+](-c2ccccc2)no1.[Cl-]. The maximum absolute atomic E-state index is 5.37. The normalized spacial score (nSPS) is 9.23. The molecule has 68 valence electrons. The van der Waals surface area contributed by atoms with E-state index in [4.69, 9.17) is 10.3 Å². The fourth-order valence-electron chi connectivity index (χ4n) is 0.961. The van der Waals surface area contributed by atoms with Crippen molar-refractivity contribution in [3.63, 3.8) is 0 Å². The van der Waals surface area contributed by atoms with Gasteiger partial charge in [0.15, 0.2) is 0 Å². The van der Waals surface area contributed by atoms with Crippen molar-refractivity contribution < 1.29 is 21.6 Å². The lowest BCUT2D eigenvalue weighted by Crippen LogP contribution is -3.00. The van der Waals surface area contributed by atoms with Crippen molar-refractivity contribution in [2.45, 2.75) is 0 Å². The zero-order valence-electron chi connectivity index (χ0n) is 6.72. The van der Waals surface area contributed by atoms with Gasteiger partial charge in [-0.25, -0.2) is 0 Å². The third-order valence-corrected chi connectivity index (χ3v) is 1.50. The highest BCUT2D eigenvalue weighted by molar-refractivity contribution is 5.22. The third-order valence-electron chi connectivity index (χ3n) is 1.50. The molecular formula is C8H8ClN3O. The summed E-state index contributed by atoms with van der Waals surface area (Å²) in [5.74, 6) is 0.304. The minimum absolute atomic E-state index is 0. The number of aromatic nitrogens is 2. The highest BCUT2D eigenvalue weighted by atomic mass is 35.5. The van der Waals surface area contributed by atoms with Crippen molar-refractivity contribution in [3.8, 4) is 5.69 Å². The molecule has 0 spiro atoms. The van der Waals surface area contributed by atoms with Crippen LogP contribution in [0.1, 0.15) is 0 Å². The molecule has 1 aromatic heterocycles. The zero-order chi connectivity index (χ0) is 8.39. The topological polar surface area (TPSA) is 55.9 Å². The molecule has 0 aliphatic carbocycles. The molecule has 0 fully saturated rings. The summed E-state index contributed by atoms with van der Waals surface area (Å²) in [6, 6.07) is 9.62. The van der Waals surface area contributed by atoms with E-state index in [0.717, 1.165) is 5.69 Å². The zero-order valence-corrected chi connectivity index (χ0v) is 7.48. The van der Waals surface area contributed by atoms with Crippen LogP contribution in [0.25, 0.3) is 5.69 Å². The van der Waals surface area contributed by atoms with Gasteiger partial charge in [0.25, 0.3) is 12.1 Å². The van der Waals surface area contributed by atoms with E-state index >= 15 is 0 Å². The van der Waals surface area contributed by atoms with Crippen LogP contribution in [0.5, 0.6) is 0 Å². The first kappa shape index (κ1) is 9.54. The minimum Gasteiger partial charge on any atom is -1.00 e. The Labute approximate surface area is 81.3 Å². The molecule has 2 aromatic rings. The summed E-state index contributed by atoms with van der Waals surface area (Å²) in [6.07, 6.45) is 1.62. The number of halogens is 1. The van der Waals surface area contributed by atoms with Crippen LogP contribution in [-0.2, 0) is 0 Å². The van der Waals surface area contributed by atoms with Crippen LogP contribution < -0.4 is 22.8 Å². The summed E-state index contributed by atoms with van der Waals surface area (Å²) in [5.41, 5.74) is 6.29.